The van der Waals surface area contributed by atoms with Crippen molar-refractivity contribution in [1.82, 2.24) is 20.5 Å². The first-order valence-electron chi connectivity index (χ1n) is 9.66. The molecule has 1 aromatic carbocycles. The molecule has 30 heavy (non-hydrogen) atoms. The summed E-state index contributed by atoms with van der Waals surface area (Å²) in [4.78, 5) is 10.2. The Morgan fingerprint density at radius 3 is 2.70 bits per heavy atom. The van der Waals surface area contributed by atoms with Crippen molar-refractivity contribution in [3.05, 3.63) is 52.0 Å². The van der Waals surface area contributed by atoms with Crippen molar-refractivity contribution >= 4 is 41.3 Å². The van der Waals surface area contributed by atoms with Crippen LogP contribution in [0.3, 0.4) is 0 Å². The van der Waals surface area contributed by atoms with Gasteiger partial charge in [-0.2, -0.15) is 13.2 Å². The third-order valence-corrected chi connectivity index (χ3v) is 5.81. The molecule has 0 spiro atoms. The molecule has 1 aromatic heterocycles. The van der Waals surface area contributed by atoms with Crippen molar-refractivity contribution < 1.29 is 13.2 Å². The van der Waals surface area contributed by atoms with Crippen molar-refractivity contribution in [3.8, 4) is 0 Å². The van der Waals surface area contributed by atoms with Gasteiger partial charge in [-0.1, -0.05) is 30.3 Å². The molecule has 0 radical (unpaired) electrons. The number of nitrogens with one attached hydrogen (secondary N) is 2. The summed E-state index contributed by atoms with van der Waals surface area (Å²) in [6.45, 7) is 4.18. The number of benzene rings is 1. The molecular weight excluding hydrogens is 526 g/mol. The van der Waals surface area contributed by atoms with E-state index in [9.17, 15) is 13.2 Å². The van der Waals surface area contributed by atoms with Crippen molar-refractivity contribution in [1.29, 1.82) is 0 Å². The number of alkyl halides is 3. The normalized spacial score (nSPS) is 17.6. The maximum absolute atomic E-state index is 12.6. The number of nitrogens with zero attached hydrogens (tertiary/aromatic N) is 3. The standard InChI is InChI=1S/C20H26F3N5S.HI/c1-24-19(26-12-18-27-17(14-29-18)20(21,22)23)25-11-16-8-10-28(13-16)9-7-15-5-3-2-4-6-15;/h2-6,14,16H,7-13H2,1H3,(H2,24,25,26);1H. The summed E-state index contributed by atoms with van der Waals surface area (Å²) < 4.78 is 37.9. The van der Waals surface area contributed by atoms with Crippen LogP contribution in [-0.4, -0.2) is 49.1 Å². The summed E-state index contributed by atoms with van der Waals surface area (Å²) in [6.07, 6.45) is -2.22. The van der Waals surface area contributed by atoms with Gasteiger partial charge in [0.2, 0.25) is 0 Å². The van der Waals surface area contributed by atoms with E-state index in [1.807, 2.05) is 6.07 Å². The molecule has 1 saturated heterocycles. The van der Waals surface area contributed by atoms with Crippen LogP contribution in [0.4, 0.5) is 13.2 Å². The van der Waals surface area contributed by atoms with E-state index >= 15 is 0 Å². The minimum Gasteiger partial charge on any atom is -0.356 e. The van der Waals surface area contributed by atoms with Gasteiger partial charge in [-0.05, 0) is 30.9 Å². The number of likely N-dealkylation sites (tertiary alicyclic amines) is 1. The lowest BCUT2D eigenvalue weighted by Crippen LogP contribution is -2.40. The monoisotopic (exact) mass is 553 g/mol. The molecule has 10 heteroatoms. The summed E-state index contributed by atoms with van der Waals surface area (Å²) in [5, 5.41) is 7.74. The summed E-state index contributed by atoms with van der Waals surface area (Å²) in [6, 6.07) is 10.5. The number of hydrogen-bond acceptors (Lipinski definition) is 4. The zero-order valence-corrected chi connectivity index (χ0v) is 19.9. The van der Waals surface area contributed by atoms with Gasteiger partial charge >= 0.3 is 6.18 Å². The van der Waals surface area contributed by atoms with Crippen molar-refractivity contribution in [2.75, 3.05) is 33.2 Å². The molecule has 1 aliphatic heterocycles. The van der Waals surface area contributed by atoms with Gasteiger partial charge in [0.15, 0.2) is 11.7 Å². The van der Waals surface area contributed by atoms with Crippen LogP contribution in [0.1, 0.15) is 22.7 Å². The molecule has 5 nitrogen and oxygen atoms in total. The van der Waals surface area contributed by atoms with E-state index in [1.54, 1.807) is 7.05 Å². The van der Waals surface area contributed by atoms with Crippen LogP contribution in [0, 0.1) is 5.92 Å². The highest BCUT2D eigenvalue weighted by molar-refractivity contribution is 14.0. The van der Waals surface area contributed by atoms with E-state index in [0.717, 1.165) is 55.7 Å². The maximum atomic E-state index is 12.6. The Kier molecular flexibility index (Phi) is 9.82. The third-order valence-electron chi connectivity index (χ3n) is 4.96. The van der Waals surface area contributed by atoms with Crippen LogP contribution in [0.5, 0.6) is 0 Å². The molecule has 0 bridgehead atoms. The number of halogens is 4. The SMILES string of the molecule is CN=C(NCc1nc(C(F)(F)F)cs1)NCC1CCN(CCc2ccccc2)C1.I. The summed E-state index contributed by atoms with van der Waals surface area (Å²) in [5.41, 5.74) is 0.512. The number of rotatable bonds is 7. The van der Waals surface area contributed by atoms with E-state index in [0.29, 0.717) is 16.9 Å². The summed E-state index contributed by atoms with van der Waals surface area (Å²) >= 11 is 0.993. The topological polar surface area (TPSA) is 52.6 Å². The van der Waals surface area contributed by atoms with E-state index in [-0.39, 0.29) is 30.5 Å². The Morgan fingerprint density at radius 2 is 2.03 bits per heavy atom. The molecule has 0 amide bonds. The molecule has 1 aliphatic rings. The summed E-state index contributed by atoms with van der Waals surface area (Å²) in [5.74, 6) is 1.11. The molecule has 1 atom stereocenters. The molecule has 0 aliphatic carbocycles. The smallest absolute Gasteiger partial charge is 0.356 e. The number of aromatic nitrogens is 1. The average Bonchev–Trinajstić information content (AvgIpc) is 3.37. The Labute approximate surface area is 196 Å². The minimum atomic E-state index is -4.40. The molecule has 2 heterocycles. The third kappa shape index (κ3) is 7.69. The van der Waals surface area contributed by atoms with Gasteiger partial charge in [-0.3, -0.25) is 4.99 Å². The van der Waals surface area contributed by atoms with Crippen LogP contribution in [0.2, 0.25) is 0 Å². The largest absolute Gasteiger partial charge is 0.434 e. The predicted octanol–water partition coefficient (Wildman–Crippen LogP) is 4.01. The van der Waals surface area contributed by atoms with Crippen LogP contribution in [0.15, 0.2) is 40.7 Å². The molecule has 1 unspecified atom stereocenters. The second kappa shape index (κ2) is 11.8. The van der Waals surface area contributed by atoms with Crippen molar-refractivity contribution in [2.45, 2.75) is 25.6 Å². The Bertz CT molecular complexity index is 797. The molecule has 2 aromatic rings. The predicted molar refractivity (Wildman–Crippen MR) is 125 cm³/mol. The zero-order valence-electron chi connectivity index (χ0n) is 16.8. The van der Waals surface area contributed by atoms with Crippen molar-refractivity contribution in [3.63, 3.8) is 0 Å². The highest BCUT2D eigenvalue weighted by atomic mass is 127. The Hall–Kier alpha value is -1.40. The lowest BCUT2D eigenvalue weighted by molar-refractivity contribution is -0.140. The van der Waals surface area contributed by atoms with E-state index in [1.165, 1.54) is 5.56 Å². The van der Waals surface area contributed by atoms with Gasteiger partial charge in [0.1, 0.15) is 5.01 Å². The Morgan fingerprint density at radius 1 is 1.27 bits per heavy atom. The molecule has 2 N–H and O–H groups in total. The number of thiazole rings is 1. The van der Waals surface area contributed by atoms with Crippen LogP contribution >= 0.6 is 35.3 Å². The zero-order chi connectivity index (χ0) is 20.7. The summed E-state index contributed by atoms with van der Waals surface area (Å²) in [7, 11) is 1.65. The highest BCUT2D eigenvalue weighted by Gasteiger charge is 2.33. The van der Waals surface area contributed by atoms with Crippen LogP contribution in [-0.2, 0) is 19.1 Å². The second-order valence-corrected chi connectivity index (χ2v) is 8.06. The van der Waals surface area contributed by atoms with Gasteiger partial charge in [-0.25, -0.2) is 4.98 Å². The van der Waals surface area contributed by atoms with Gasteiger partial charge in [-0.15, -0.1) is 35.3 Å². The highest BCUT2D eigenvalue weighted by Crippen LogP contribution is 2.29. The van der Waals surface area contributed by atoms with E-state index in [2.05, 4.69) is 49.8 Å². The fourth-order valence-corrected chi connectivity index (χ4v) is 4.10. The van der Waals surface area contributed by atoms with Gasteiger partial charge < -0.3 is 15.5 Å². The molecule has 0 saturated carbocycles. The average molecular weight is 553 g/mol. The first-order chi connectivity index (χ1) is 13.9. The van der Waals surface area contributed by atoms with Crippen LogP contribution in [0.25, 0.3) is 0 Å². The molecule has 166 valence electrons. The van der Waals surface area contributed by atoms with Gasteiger partial charge in [0.25, 0.3) is 0 Å². The van der Waals surface area contributed by atoms with E-state index in [4.69, 9.17) is 0 Å². The quantitative estimate of drug-likeness (QED) is 0.309. The number of aliphatic imine (C=N–C) groups is 1. The number of hydrogen-bond donors (Lipinski definition) is 2. The first-order valence-corrected chi connectivity index (χ1v) is 10.5. The Balaban J connectivity index is 0.00000320. The molecular formula is C20H27F3IN5S. The van der Waals surface area contributed by atoms with Gasteiger partial charge in [0, 0.05) is 32.1 Å². The number of guanidine groups is 1. The molecule has 3 rings (SSSR count). The van der Waals surface area contributed by atoms with Gasteiger partial charge in [0.05, 0.1) is 6.54 Å². The van der Waals surface area contributed by atoms with Crippen molar-refractivity contribution in [2.24, 2.45) is 10.9 Å². The fraction of sp³-hybridized carbons (Fsp3) is 0.500. The second-order valence-electron chi connectivity index (χ2n) is 7.12. The first kappa shape index (κ1) is 24.9. The minimum absolute atomic E-state index is 0. The molecule has 1 fully saturated rings. The lowest BCUT2D eigenvalue weighted by Gasteiger charge is -2.17. The fourth-order valence-electron chi connectivity index (χ4n) is 3.36. The maximum Gasteiger partial charge on any atom is 0.434 e. The van der Waals surface area contributed by atoms with Crippen LogP contribution < -0.4 is 10.6 Å². The lowest BCUT2D eigenvalue weighted by atomic mass is 10.1. The van der Waals surface area contributed by atoms with E-state index < -0.39 is 11.9 Å².